The molecule has 0 bridgehead atoms. The van der Waals surface area contributed by atoms with E-state index in [2.05, 4.69) is 14.5 Å². The van der Waals surface area contributed by atoms with Crippen LogP contribution in [-0.2, 0) is 19.1 Å². The van der Waals surface area contributed by atoms with E-state index in [0.29, 0.717) is 0 Å². The Labute approximate surface area is 110 Å². The molecule has 7 heteroatoms. The quantitative estimate of drug-likeness (QED) is 0.638. The zero-order chi connectivity index (χ0) is 14.4. The zero-order valence-corrected chi connectivity index (χ0v) is 10.8. The SMILES string of the molecule is CCOC(=O)C(O)c1ccc(C(O)C(=O)OCC)[nH]1. The average molecular weight is 271 g/mol. The lowest BCUT2D eigenvalue weighted by atomic mass is 10.2. The van der Waals surface area contributed by atoms with E-state index in [9.17, 15) is 19.8 Å². The monoisotopic (exact) mass is 271 g/mol. The molecule has 1 heterocycles. The highest BCUT2D eigenvalue weighted by Gasteiger charge is 2.24. The highest BCUT2D eigenvalue weighted by atomic mass is 16.5. The normalized spacial score (nSPS) is 13.7. The first kappa shape index (κ1) is 15.2. The fourth-order valence-corrected chi connectivity index (χ4v) is 1.44. The summed E-state index contributed by atoms with van der Waals surface area (Å²) < 4.78 is 9.30. The van der Waals surface area contributed by atoms with Crippen molar-refractivity contribution in [2.45, 2.75) is 26.1 Å². The Hall–Kier alpha value is -1.86. The molecule has 3 N–H and O–H groups in total. The van der Waals surface area contributed by atoms with Crippen molar-refractivity contribution in [3.8, 4) is 0 Å². The van der Waals surface area contributed by atoms with Crippen molar-refractivity contribution in [1.29, 1.82) is 0 Å². The first-order chi connectivity index (χ1) is 9.01. The third kappa shape index (κ3) is 3.80. The molecule has 0 amide bonds. The minimum atomic E-state index is -1.48. The second-order valence-electron chi connectivity index (χ2n) is 3.68. The fourth-order valence-electron chi connectivity index (χ4n) is 1.44. The van der Waals surface area contributed by atoms with Gasteiger partial charge in [-0.3, -0.25) is 0 Å². The summed E-state index contributed by atoms with van der Waals surface area (Å²) >= 11 is 0. The molecule has 0 saturated carbocycles. The molecule has 1 rings (SSSR count). The van der Waals surface area contributed by atoms with Crippen LogP contribution in [0.15, 0.2) is 12.1 Å². The third-order valence-electron chi connectivity index (χ3n) is 2.34. The van der Waals surface area contributed by atoms with Crippen molar-refractivity contribution in [1.82, 2.24) is 4.98 Å². The summed E-state index contributed by atoms with van der Waals surface area (Å²) in [4.78, 5) is 25.2. The van der Waals surface area contributed by atoms with Gasteiger partial charge in [0.1, 0.15) is 0 Å². The van der Waals surface area contributed by atoms with E-state index in [0.717, 1.165) is 0 Å². The number of aromatic nitrogens is 1. The van der Waals surface area contributed by atoms with E-state index in [1.54, 1.807) is 13.8 Å². The summed E-state index contributed by atoms with van der Waals surface area (Å²) in [5.41, 5.74) is 0.272. The smallest absolute Gasteiger partial charge is 0.341 e. The Morgan fingerprint density at radius 1 is 1.05 bits per heavy atom. The summed E-state index contributed by atoms with van der Waals surface area (Å²) in [7, 11) is 0. The van der Waals surface area contributed by atoms with Crippen molar-refractivity contribution in [3.63, 3.8) is 0 Å². The van der Waals surface area contributed by atoms with Crippen LogP contribution in [0.5, 0.6) is 0 Å². The van der Waals surface area contributed by atoms with Gasteiger partial charge in [-0.15, -0.1) is 0 Å². The van der Waals surface area contributed by atoms with E-state index in [1.165, 1.54) is 12.1 Å². The molecule has 2 atom stereocenters. The minimum absolute atomic E-state index is 0.136. The number of hydrogen-bond acceptors (Lipinski definition) is 6. The van der Waals surface area contributed by atoms with Crippen LogP contribution in [0.2, 0.25) is 0 Å². The number of carbonyl (C=O) groups is 2. The van der Waals surface area contributed by atoms with Gasteiger partial charge in [0, 0.05) is 0 Å². The number of esters is 2. The lowest BCUT2D eigenvalue weighted by Crippen LogP contribution is -2.17. The van der Waals surface area contributed by atoms with Crippen LogP contribution < -0.4 is 0 Å². The summed E-state index contributed by atoms with van der Waals surface area (Å²) in [5.74, 6) is -1.61. The largest absolute Gasteiger partial charge is 0.464 e. The van der Waals surface area contributed by atoms with Crippen molar-refractivity contribution in [2.75, 3.05) is 13.2 Å². The lowest BCUT2D eigenvalue weighted by Gasteiger charge is -2.09. The van der Waals surface area contributed by atoms with E-state index in [4.69, 9.17) is 0 Å². The number of H-pyrrole nitrogens is 1. The summed E-state index contributed by atoms with van der Waals surface area (Å²) in [6.45, 7) is 3.54. The maximum absolute atomic E-state index is 11.3. The average Bonchev–Trinajstić information content (AvgIpc) is 2.87. The van der Waals surface area contributed by atoms with E-state index >= 15 is 0 Å². The Bertz CT molecular complexity index is 403. The molecule has 0 aliphatic carbocycles. The molecular weight excluding hydrogens is 254 g/mol. The van der Waals surface area contributed by atoms with Crippen molar-refractivity contribution in [3.05, 3.63) is 23.5 Å². The molecule has 106 valence electrons. The van der Waals surface area contributed by atoms with Crippen LogP contribution in [0.3, 0.4) is 0 Å². The highest BCUT2D eigenvalue weighted by molar-refractivity contribution is 5.77. The first-order valence-electron chi connectivity index (χ1n) is 5.89. The Balaban J connectivity index is 2.76. The van der Waals surface area contributed by atoms with Crippen LogP contribution >= 0.6 is 0 Å². The van der Waals surface area contributed by atoms with Crippen molar-refractivity contribution < 1.29 is 29.3 Å². The van der Waals surface area contributed by atoms with Crippen LogP contribution in [0.4, 0.5) is 0 Å². The second-order valence-corrected chi connectivity index (χ2v) is 3.68. The van der Waals surface area contributed by atoms with Gasteiger partial charge in [0.05, 0.1) is 24.6 Å². The number of aliphatic hydroxyl groups excluding tert-OH is 2. The number of hydrogen-bond donors (Lipinski definition) is 3. The van der Waals surface area contributed by atoms with Gasteiger partial charge in [0.2, 0.25) is 0 Å². The van der Waals surface area contributed by atoms with Gasteiger partial charge < -0.3 is 24.7 Å². The minimum Gasteiger partial charge on any atom is -0.464 e. The number of ether oxygens (including phenoxy) is 2. The molecule has 0 fully saturated rings. The molecule has 19 heavy (non-hydrogen) atoms. The van der Waals surface area contributed by atoms with Gasteiger partial charge in [-0.2, -0.15) is 0 Å². The zero-order valence-electron chi connectivity index (χ0n) is 10.8. The summed E-state index contributed by atoms with van der Waals surface area (Å²) in [5, 5.41) is 19.3. The number of carbonyl (C=O) groups excluding carboxylic acids is 2. The van der Waals surface area contributed by atoms with Gasteiger partial charge in [0.25, 0.3) is 0 Å². The second kappa shape index (κ2) is 6.91. The molecule has 7 nitrogen and oxygen atoms in total. The summed E-state index contributed by atoms with van der Waals surface area (Å²) in [6, 6.07) is 2.78. The van der Waals surface area contributed by atoms with Gasteiger partial charge in [-0.1, -0.05) is 0 Å². The van der Waals surface area contributed by atoms with E-state index in [1.807, 2.05) is 0 Å². The molecule has 0 aromatic carbocycles. The number of aliphatic hydroxyl groups is 2. The van der Waals surface area contributed by atoms with E-state index in [-0.39, 0.29) is 24.6 Å². The molecule has 1 aromatic heterocycles. The fraction of sp³-hybridized carbons (Fsp3) is 0.500. The van der Waals surface area contributed by atoms with Crippen molar-refractivity contribution >= 4 is 11.9 Å². The number of aromatic amines is 1. The standard InChI is InChI=1S/C12H17NO6/c1-3-18-11(16)9(14)7-5-6-8(13-7)10(15)12(17)19-4-2/h5-6,9-10,13-15H,3-4H2,1-2H3. The van der Waals surface area contributed by atoms with Gasteiger partial charge in [-0.05, 0) is 26.0 Å². The Morgan fingerprint density at radius 3 is 1.74 bits per heavy atom. The first-order valence-corrected chi connectivity index (χ1v) is 5.89. The van der Waals surface area contributed by atoms with Gasteiger partial charge in [-0.25, -0.2) is 9.59 Å². The van der Waals surface area contributed by atoms with Crippen LogP contribution in [0.25, 0.3) is 0 Å². The predicted octanol–water partition coefficient (Wildman–Crippen LogP) is 0.208. The molecule has 1 aromatic rings. The molecule has 2 unspecified atom stereocenters. The topological polar surface area (TPSA) is 109 Å². The predicted molar refractivity (Wildman–Crippen MR) is 64.0 cm³/mol. The molecule has 0 aliphatic rings. The van der Waals surface area contributed by atoms with Gasteiger partial charge in [0.15, 0.2) is 12.2 Å². The van der Waals surface area contributed by atoms with Crippen LogP contribution in [0, 0.1) is 0 Å². The lowest BCUT2D eigenvalue weighted by molar-refractivity contribution is -0.153. The number of nitrogens with one attached hydrogen (secondary N) is 1. The van der Waals surface area contributed by atoms with Crippen LogP contribution in [-0.4, -0.2) is 40.3 Å². The molecular formula is C12H17NO6. The molecule has 0 aliphatic heterocycles. The Morgan fingerprint density at radius 2 is 1.42 bits per heavy atom. The highest BCUT2D eigenvalue weighted by Crippen LogP contribution is 2.19. The maximum Gasteiger partial charge on any atom is 0.341 e. The number of rotatable bonds is 6. The summed E-state index contributed by atoms with van der Waals surface area (Å²) in [6.07, 6.45) is -2.97. The third-order valence-corrected chi connectivity index (χ3v) is 2.34. The van der Waals surface area contributed by atoms with Gasteiger partial charge >= 0.3 is 11.9 Å². The maximum atomic E-state index is 11.3. The van der Waals surface area contributed by atoms with Crippen LogP contribution in [0.1, 0.15) is 37.4 Å². The molecule has 0 saturated heterocycles. The Kier molecular flexibility index (Phi) is 5.53. The van der Waals surface area contributed by atoms with Crippen molar-refractivity contribution in [2.24, 2.45) is 0 Å². The molecule has 0 radical (unpaired) electrons. The van der Waals surface area contributed by atoms with E-state index < -0.39 is 24.1 Å². The molecule has 0 spiro atoms.